The lowest BCUT2D eigenvalue weighted by atomic mass is 10.0. The molecular weight excluding hydrogens is 492 g/mol. The number of carbonyl (C=O) groups is 3. The van der Waals surface area contributed by atoms with Crippen LogP contribution >= 0.6 is 11.3 Å². The van der Waals surface area contributed by atoms with Crippen LogP contribution in [0.5, 0.6) is 0 Å². The van der Waals surface area contributed by atoms with E-state index in [1.54, 1.807) is 12.1 Å². The number of rotatable bonds is 10. The zero-order chi connectivity index (χ0) is 26.2. The average Bonchev–Trinajstić information content (AvgIpc) is 3.59. The van der Waals surface area contributed by atoms with Crippen LogP contribution < -0.4 is 10.6 Å². The molecule has 9 heteroatoms. The van der Waals surface area contributed by atoms with Gasteiger partial charge in [0.15, 0.2) is 5.76 Å². The smallest absolute Gasteiger partial charge is 0.337 e. The van der Waals surface area contributed by atoms with E-state index in [9.17, 15) is 14.4 Å². The molecule has 1 aliphatic heterocycles. The largest absolute Gasteiger partial charge is 0.465 e. The monoisotopic (exact) mass is 520 g/mol. The van der Waals surface area contributed by atoms with Gasteiger partial charge < -0.3 is 24.8 Å². The van der Waals surface area contributed by atoms with Crippen LogP contribution in [0.4, 0.5) is 5.00 Å². The first kappa shape index (κ1) is 26.0. The number of aryl methyl sites for hydroxylation is 1. The van der Waals surface area contributed by atoms with Crippen molar-refractivity contribution in [2.75, 3.05) is 19.2 Å². The highest BCUT2D eigenvalue weighted by Gasteiger charge is 2.26. The quantitative estimate of drug-likeness (QED) is 0.368. The van der Waals surface area contributed by atoms with Gasteiger partial charge in [0.2, 0.25) is 6.79 Å². The molecule has 0 saturated carbocycles. The Morgan fingerprint density at radius 3 is 2.41 bits per heavy atom. The summed E-state index contributed by atoms with van der Waals surface area (Å²) in [6.07, 6.45) is 3.72. The number of nitrogens with one attached hydrogen (secondary N) is 2. The van der Waals surface area contributed by atoms with Crippen LogP contribution in [0.3, 0.4) is 0 Å². The number of amides is 2. The summed E-state index contributed by atoms with van der Waals surface area (Å²) in [5.41, 5.74) is 2.11. The van der Waals surface area contributed by atoms with Gasteiger partial charge in [0.25, 0.3) is 11.8 Å². The summed E-state index contributed by atoms with van der Waals surface area (Å²) < 4.78 is 15.5. The molecule has 3 aromatic rings. The molecule has 0 saturated heterocycles. The Morgan fingerprint density at radius 1 is 1.03 bits per heavy atom. The van der Waals surface area contributed by atoms with Crippen molar-refractivity contribution < 1.29 is 28.6 Å². The van der Waals surface area contributed by atoms with E-state index in [1.165, 1.54) is 36.8 Å². The number of methoxy groups -OCH3 is 1. The van der Waals surface area contributed by atoms with Crippen molar-refractivity contribution in [1.82, 2.24) is 5.32 Å². The molecule has 1 unspecified atom stereocenters. The summed E-state index contributed by atoms with van der Waals surface area (Å²) >= 11 is 1.37. The normalized spacial score (nSPS) is 13.1. The molecular formula is C28H28N2O6S. The van der Waals surface area contributed by atoms with E-state index in [1.807, 2.05) is 36.4 Å². The second-order valence-electron chi connectivity index (χ2n) is 8.39. The van der Waals surface area contributed by atoms with E-state index in [4.69, 9.17) is 14.2 Å². The van der Waals surface area contributed by atoms with Crippen molar-refractivity contribution >= 4 is 34.1 Å². The van der Waals surface area contributed by atoms with Crippen LogP contribution in [0, 0.1) is 0 Å². The number of thiophene rings is 1. The first-order valence-electron chi connectivity index (χ1n) is 11.9. The van der Waals surface area contributed by atoms with Gasteiger partial charge in [0.05, 0.1) is 24.3 Å². The van der Waals surface area contributed by atoms with Crippen LogP contribution in [0.15, 0.2) is 72.7 Å². The standard InChI is InChI=1S/C28H28N2O6S/c1-3-7-21-15-22(27(37-21)30-25(31)19-10-12-20(13-11-19)28(33)34-2)26(32)29-23(24-16-35-17-36-24)14-18-8-5-4-6-9-18/h4-6,8-13,15-16,23H,3,7,14,17H2,1-2H3,(H,29,32)(H,30,31). The minimum atomic E-state index is -0.481. The Kier molecular flexibility index (Phi) is 8.58. The molecule has 0 bridgehead atoms. The van der Waals surface area contributed by atoms with Gasteiger partial charge in [0.1, 0.15) is 11.3 Å². The van der Waals surface area contributed by atoms with E-state index >= 15 is 0 Å². The van der Waals surface area contributed by atoms with Gasteiger partial charge in [0, 0.05) is 16.9 Å². The Morgan fingerprint density at radius 2 is 1.76 bits per heavy atom. The van der Waals surface area contributed by atoms with Crippen LogP contribution in [0.1, 0.15) is 54.9 Å². The summed E-state index contributed by atoms with van der Waals surface area (Å²) in [6.45, 7) is 2.16. The van der Waals surface area contributed by atoms with Gasteiger partial charge in [-0.3, -0.25) is 9.59 Å². The summed E-state index contributed by atoms with van der Waals surface area (Å²) in [5, 5.41) is 6.38. The molecule has 2 amide bonds. The predicted octanol–water partition coefficient (Wildman–Crippen LogP) is 4.93. The van der Waals surface area contributed by atoms with Crippen LogP contribution in [-0.2, 0) is 27.1 Å². The fourth-order valence-electron chi connectivity index (χ4n) is 3.87. The Balaban J connectivity index is 1.54. The Labute approximate surface area is 219 Å². The minimum Gasteiger partial charge on any atom is -0.465 e. The maximum absolute atomic E-state index is 13.5. The summed E-state index contributed by atoms with van der Waals surface area (Å²) in [5.74, 6) is -0.651. The molecule has 2 aromatic carbocycles. The molecule has 2 N–H and O–H groups in total. The molecule has 37 heavy (non-hydrogen) atoms. The highest BCUT2D eigenvalue weighted by molar-refractivity contribution is 7.16. The molecule has 0 aliphatic carbocycles. The summed E-state index contributed by atoms with van der Waals surface area (Å²) in [7, 11) is 1.30. The van der Waals surface area contributed by atoms with E-state index in [0.29, 0.717) is 33.9 Å². The van der Waals surface area contributed by atoms with Gasteiger partial charge in [-0.25, -0.2) is 4.79 Å². The molecule has 1 aliphatic rings. The Hall–Kier alpha value is -4.11. The second-order valence-corrected chi connectivity index (χ2v) is 9.53. The minimum absolute atomic E-state index is 0.103. The average molecular weight is 521 g/mol. The van der Waals surface area contributed by atoms with E-state index < -0.39 is 12.0 Å². The lowest BCUT2D eigenvalue weighted by molar-refractivity contribution is 0.0600. The van der Waals surface area contributed by atoms with E-state index in [0.717, 1.165) is 23.3 Å². The molecule has 8 nitrogen and oxygen atoms in total. The third-order valence-electron chi connectivity index (χ3n) is 5.74. The predicted molar refractivity (Wildman–Crippen MR) is 141 cm³/mol. The first-order valence-corrected chi connectivity index (χ1v) is 12.7. The zero-order valence-corrected chi connectivity index (χ0v) is 21.4. The van der Waals surface area contributed by atoms with E-state index in [-0.39, 0.29) is 18.6 Å². The Bertz CT molecular complexity index is 1280. The number of benzene rings is 2. The number of ether oxygens (including phenoxy) is 3. The van der Waals surface area contributed by atoms with Crippen molar-refractivity contribution in [3.63, 3.8) is 0 Å². The fourth-order valence-corrected chi connectivity index (χ4v) is 5.02. The van der Waals surface area contributed by atoms with Gasteiger partial charge >= 0.3 is 5.97 Å². The lowest BCUT2D eigenvalue weighted by Gasteiger charge is -2.19. The fraction of sp³-hybridized carbons (Fsp3) is 0.250. The topological polar surface area (TPSA) is 103 Å². The molecule has 0 fully saturated rings. The number of hydrogen-bond acceptors (Lipinski definition) is 7. The third kappa shape index (κ3) is 6.56. The molecule has 4 rings (SSSR count). The molecule has 2 heterocycles. The van der Waals surface area contributed by atoms with Gasteiger partial charge in [-0.05, 0) is 42.3 Å². The third-order valence-corrected chi connectivity index (χ3v) is 6.85. The molecule has 1 aromatic heterocycles. The summed E-state index contributed by atoms with van der Waals surface area (Å²) in [4.78, 5) is 39.1. The van der Waals surface area contributed by atoms with Crippen LogP contribution in [-0.4, -0.2) is 37.7 Å². The van der Waals surface area contributed by atoms with Crippen molar-refractivity contribution in [3.8, 4) is 0 Å². The number of carbonyl (C=O) groups excluding carboxylic acids is 3. The first-order chi connectivity index (χ1) is 18.0. The van der Waals surface area contributed by atoms with Crippen molar-refractivity contribution in [2.24, 2.45) is 0 Å². The number of anilines is 1. The van der Waals surface area contributed by atoms with Crippen LogP contribution in [0.25, 0.3) is 0 Å². The van der Waals surface area contributed by atoms with Gasteiger partial charge in [-0.1, -0.05) is 43.7 Å². The molecule has 1 atom stereocenters. The maximum Gasteiger partial charge on any atom is 0.337 e. The van der Waals surface area contributed by atoms with Gasteiger partial charge in [-0.2, -0.15) is 0 Å². The number of hydrogen-bond donors (Lipinski definition) is 2. The van der Waals surface area contributed by atoms with Crippen molar-refractivity contribution in [2.45, 2.75) is 32.2 Å². The highest BCUT2D eigenvalue weighted by atomic mass is 32.1. The molecule has 0 spiro atoms. The molecule has 0 radical (unpaired) electrons. The summed E-state index contributed by atoms with van der Waals surface area (Å²) in [6, 6.07) is 17.3. The molecule has 192 valence electrons. The van der Waals surface area contributed by atoms with E-state index in [2.05, 4.69) is 17.6 Å². The lowest BCUT2D eigenvalue weighted by Crippen LogP contribution is -2.38. The maximum atomic E-state index is 13.5. The van der Waals surface area contributed by atoms with Gasteiger partial charge in [-0.15, -0.1) is 11.3 Å². The van der Waals surface area contributed by atoms with Crippen LogP contribution in [0.2, 0.25) is 0 Å². The highest BCUT2D eigenvalue weighted by Crippen LogP contribution is 2.30. The van der Waals surface area contributed by atoms with Crippen molar-refractivity contribution in [1.29, 1.82) is 0 Å². The second kappa shape index (κ2) is 12.2. The number of esters is 1. The SMILES string of the molecule is CCCc1cc(C(=O)NC(Cc2ccccc2)C2=COCO2)c(NC(=O)c2ccc(C(=O)OC)cc2)s1. The zero-order valence-electron chi connectivity index (χ0n) is 20.6. The van der Waals surface area contributed by atoms with Crippen molar-refractivity contribution in [3.05, 3.63) is 99.8 Å².